The molecule has 20 heavy (non-hydrogen) atoms. The van der Waals surface area contributed by atoms with Gasteiger partial charge in [-0.05, 0) is 17.7 Å². The molecule has 1 aromatic heterocycles. The Morgan fingerprint density at radius 1 is 1.40 bits per heavy atom. The fourth-order valence-electron chi connectivity index (χ4n) is 1.93. The van der Waals surface area contributed by atoms with Crippen LogP contribution in [0.4, 0.5) is 5.69 Å². The van der Waals surface area contributed by atoms with Gasteiger partial charge < -0.3 is 10.2 Å². The van der Waals surface area contributed by atoms with E-state index in [1.807, 2.05) is 37.6 Å². The van der Waals surface area contributed by atoms with Crippen molar-refractivity contribution in [2.24, 2.45) is 7.05 Å². The molecule has 0 saturated carbocycles. The average Bonchev–Trinajstić information content (AvgIpc) is 2.82. The largest absolute Gasteiger partial charge is 0.381 e. The van der Waals surface area contributed by atoms with Gasteiger partial charge >= 0.3 is 0 Å². The maximum absolute atomic E-state index is 11.2. The Labute approximate surface area is 119 Å². The van der Waals surface area contributed by atoms with Crippen molar-refractivity contribution < 1.29 is 4.79 Å². The van der Waals surface area contributed by atoms with E-state index in [-0.39, 0.29) is 5.91 Å². The molecule has 106 valence electrons. The Morgan fingerprint density at radius 2 is 2.20 bits per heavy atom. The lowest BCUT2D eigenvalue weighted by Gasteiger charge is -2.15. The summed E-state index contributed by atoms with van der Waals surface area (Å²) in [5.41, 5.74) is 3.29. The van der Waals surface area contributed by atoms with Crippen LogP contribution in [0.5, 0.6) is 0 Å². The van der Waals surface area contributed by atoms with Crippen LogP contribution < -0.4 is 5.32 Å². The predicted octanol–water partition coefficient (Wildman–Crippen LogP) is 2.01. The van der Waals surface area contributed by atoms with Crippen LogP contribution in [0.3, 0.4) is 0 Å². The molecule has 1 N–H and O–H groups in total. The minimum absolute atomic E-state index is 0.0683. The number of hydrogen-bond acceptors (Lipinski definition) is 3. The van der Waals surface area contributed by atoms with Crippen molar-refractivity contribution in [2.45, 2.75) is 20.0 Å². The van der Waals surface area contributed by atoms with E-state index in [0.29, 0.717) is 6.54 Å². The number of rotatable bonds is 5. The highest BCUT2D eigenvalue weighted by atomic mass is 16.2. The SMILES string of the molecule is CC(=O)N(C)Cc1cccc(NCc2cnn(C)c2)c1. The number of aryl methyl sites for hydroxylation is 1. The van der Waals surface area contributed by atoms with Gasteiger partial charge in [0.25, 0.3) is 0 Å². The van der Waals surface area contributed by atoms with Gasteiger partial charge in [0.05, 0.1) is 6.20 Å². The van der Waals surface area contributed by atoms with Crippen LogP contribution in [-0.2, 0) is 24.9 Å². The molecule has 5 nitrogen and oxygen atoms in total. The third-order valence-corrected chi connectivity index (χ3v) is 3.14. The first-order valence-corrected chi connectivity index (χ1v) is 6.56. The fourth-order valence-corrected chi connectivity index (χ4v) is 1.93. The molecule has 0 saturated heterocycles. The zero-order chi connectivity index (χ0) is 14.5. The van der Waals surface area contributed by atoms with Gasteiger partial charge in [-0.15, -0.1) is 0 Å². The number of carbonyl (C=O) groups is 1. The normalized spacial score (nSPS) is 10.3. The van der Waals surface area contributed by atoms with Crippen LogP contribution in [0, 0.1) is 0 Å². The van der Waals surface area contributed by atoms with Gasteiger partial charge in [-0.3, -0.25) is 9.48 Å². The highest BCUT2D eigenvalue weighted by Crippen LogP contribution is 2.13. The van der Waals surface area contributed by atoms with Gasteiger partial charge in [0, 0.05) is 51.6 Å². The second-order valence-corrected chi connectivity index (χ2v) is 4.95. The smallest absolute Gasteiger partial charge is 0.219 e. The molecule has 0 atom stereocenters. The molecule has 0 spiro atoms. The standard InChI is InChI=1S/C15H20N4O/c1-12(20)18(2)10-13-5-4-6-15(7-13)16-8-14-9-17-19(3)11-14/h4-7,9,11,16H,8,10H2,1-3H3. The van der Waals surface area contributed by atoms with E-state index in [4.69, 9.17) is 0 Å². The van der Waals surface area contributed by atoms with E-state index in [1.165, 1.54) is 0 Å². The zero-order valence-corrected chi connectivity index (χ0v) is 12.1. The zero-order valence-electron chi connectivity index (χ0n) is 12.1. The van der Waals surface area contributed by atoms with E-state index in [1.54, 1.807) is 23.6 Å². The lowest BCUT2D eigenvalue weighted by atomic mass is 10.2. The summed E-state index contributed by atoms with van der Waals surface area (Å²) in [6.07, 6.45) is 3.83. The highest BCUT2D eigenvalue weighted by Gasteiger charge is 2.04. The third-order valence-electron chi connectivity index (χ3n) is 3.14. The van der Waals surface area contributed by atoms with Gasteiger partial charge in [-0.2, -0.15) is 5.10 Å². The van der Waals surface area contributed by atoms with Crippen LogP contribution >= 0.6 is 0 Å². The minimum Gasteiger partial charge on any atom is -0.381 e. The van der Waals surface area contributed by atoms with Gasteiger partial charge in [-0.25, -0.2) is 0 Å². The molecule has 0 aliphatic rings. The van der Waals surface area contributed by atoms with Gasteiger partial charge in [0.1, 0.15) is 0 Å². The molecule has 0 radical (unpaired) electrons. The Hall–Kier alpha value is -2.30. The predicted molar refractivity (Wildman–Crippen MR) is 79.1 cm³/mol. The summed E-state index contributed by atoms with van der Waals surface area (Å²) >= 11 is 0. The van der Waals surface area contributed by atoms with Crippen molar-refractivity contribution in [1.82, 2.24) is 14.7 Å². The summed E-state index contributed by atoms with van der Waals surface area (Å²) in [5, 5.41) is 7.50. The fraction of sp³-hybridized carbons (Fsp3) is 0.333. The van der Waals surface area contributed by atoms with E-state index < -0.39 is 0 Å². The van der Waals surface area contributed by atoms with E-state index in [9.17, 15) is 4.79 Å². The van der Waals surface area contributed by atoms with Gasteiger partial charge in [0.2, 0.25) is 5.91 Å². The number of nitrogens with one attached hydrogen (secondary N) is 1. The van der Waals surface area contributed by atoms with Gasteiger partial charge in [0.15, 0.2) is 0 Å². The van der Waals surface area contributed by atoms with Crippen molar-refractivity contribution in [1.29, 1.82) is 0 Å². The van der Waals surface area contributed by atoms with Crippen LogP contribution in [0.1, 0.15) is 18.1 Å². The van der Waals surface area contributed by atoms with Crippen LogP contribution in [0.25, 0.3) is 0 Å². The molecule has 2 aromatic rings. The average molecular weight is 272 g/mol. The molecule has 0 bridgehead atoms. The molecular formula is C15H20N4O. The molecule has 2 rings (SSSR count). The quantitative estimate of drug-likeness (QED) is 0.906. The number of hydrogen-bond donors (Lipinski definition) is 1. The van der Waals surface area contributed by atoms with Crippen molar-refractivity contribution in [3.05, 3.63) is 47.8 Å². The maximum atomic E-state index is 11.2. The molecule has 0 unspecified atom stereocenters. The third kappa shape index (κ3) is 3.85. The van der Waals surface area contributed by atoms with Crippen LogP contribution in [-0.4, -0.2) is 27.6 Å². The summed E-state index contributed by atoms with van der Waals surface area (Å²) in [5.74, 6) is 0.0683. The molecule has 1 heterocycles. The Balaban J connectivity index is 1.97. The first-order chi connectivity index (χ1) is 9.54. The first kappa shape index (κ1) is 14.1. The van der Waals surface area contributed by atoms with Crippen LogP contribution in [0.15, 0.2) is 36.7 Å². The van der Waals surface area contributed by atoms with Crippen molar-refractivity contribution in [2.75, 3.05) is 12.4 Å². The van der Waals surface area contributed by atoms with Crippen molar-refractivity contribution >= 4 is 11.6 Å². The summed E-state index contributed by atoms with van der Waals surface area (Å²) in [6, 6.07) is 8.10. The molecule has 0 aliphatic heterocycles. The molecule has 0 fully saturated rings. The summed E-state index contributed by atoms with van der Waals surface area (Å²) in [4.78, 5) is 12.9. The molecule has 0 aliphatic carbocycles. The number of amides is 1. The molecule has 5 heteroatoms. The minimum atomic E-state index is 0.0683. The van der Waals surface area contributed by atoms with Crippen LogP contribution in [0.2, 0.25) is 0 Å². The van der Waals surface area contributed by atoms with Crippen molar-refractivity contribution in [3.63, 3.8) is 0 Å². The summed E-state index contributed by atoms with van der Waals surface area (Å²) < 4.78 is 1.79. The molecular weight excluding hydrogens is 252 g/mol. The monoisotopic (exact) mass is 272 g/mol. The number of nitrogens with zero attached hydrogens (tertiary/aromatic N) is 3. The van der Waals surface area contributed by atoms with E-state index in [0.717, 1.165) is 23.4 Å². The molecule has 1 amide bonds. The number of anilines is 1. The Kier molecular flexibility index (Phi) is 4.40. The Morgan fingerprint density at radius 3 is 2.85 bits per heavy atom. The Bertz CT molecular complexity index is 591. The van der Waals surface area contributed by atoms with Gasteiger partial charge in [-0.1, -0.05) is 12.1 Å². The lowest BCUT2D eigenvalue weighted by molar-refractivity contribution is -0.128. The van der Waals surface area contributed by atoms with E-state index >= 15 is 0 Å². The number of carbonyl (C=O) groups excluding carboxylic acids is 1. The highest BCUT2D eigenvalue weighted by molar-refractivity contribution is 5.72. The lowest BCUT2D eigenvalue weighted by Crippen LogP contribution is -2.22. The van der Waals surface area contributed by atoms with E-state index in [2.05, 4.69) is 16.5 Å². The molecule has 1 aromatic carbocycles. The second kappa shape index (κ2) is 6.23. The number of aromatic nitrogens is 2. The number of benzene rings is 1. The summed E-state index contributed by atoms with van der Waals surface area (Å²) in [7, 11) is 3.71. The van der Waals surface area contributed by atoms with Crippen molar-refractivity contribution in [3.8, 4) is 0 Å². The topological polar surface area (TPSA) is 50.2 Å². The second-order valence-electron chi connectivity index (χ2n) is 4.95. The maximum Gasteiger partial charge on any atom is 0.219 e. The first-order valence-electron chi connectivity index (χ1n) is 6.56. The summed E-state index contributed by atoms with van der Waals surface area (Å²) in [6.45, 7) is 2.93.